The number of fused-ring (bicyclic) bond motifs is 1. The van der Waals surface area contributed by atoms with Crippen molar-refractivity contribution in [2.75, 3.05) is 6.54 Å². The molecule has 1 aliphatic heterocycles. The Kier molecular flexibility index (Phi) is 3.99. The Balaban J connectivity index is 2.09. The number of hydrogen-bond donors (Lipinski definition) is 1. The zero-order chi connectivity index (χ0) is 18.3. The summed E-state index contributed by atoms with van der Waals surface area (Å²) >= 11 is 0. The average Bonchev–Trinajstić information content (AvgIpc) is 2.87. The summed E-state index contributed by atoms with van der Waals surface area (Å²) in [5.74, 6) is -1.89. The summed E-state index contributed by atoms with van der Waals surface area (Å²) in [6.07, 6.45) is 0.482. The SMILES string of the molecule is Cc1nn(C)c(C(=O)N2CCc3ccccc3C2C(=O)O)c1[N+](=O)[O-]. The Morgan fingerprint density at radius 1 is 1.36 bits per heavy atom. The number of nitrogens with zero attached hydrogens (tertiary/aromatic N) is 4. The molecule has 1 aromatic carbocycles. The van der Waals surface area contributed by atoms with Crippen LogP contribution in [0.4, 0.5) is 5.69 Å². The van der Waals surface area contributed by atoms with Crippen molar-refractivity contribution in [3.63, 3.8) is 0 Å². The highest BCUT2D eigenvalue weighted by Gasteiger charge is 2.40. The first kappa shape index (κ1) is 16.6. The minimum absolute atomic E-state index is 0.111. The number of nitro groups is 1. The lowest BCUT2D eigenvalue weighted by atomic mass is 9.92. The van der Waals surface area contributed by atoms with Crippen LogP contribution >= 0.6 is 0 Å². The molecule has 0 spiro atoms. The molecule has 9 nitrogen and oxygen atoms in total. The van der Waals surface area contributed by atoms with Crippen LogP contribution in [-0.2, 0) is 18.3 Å². The van der Waals surface area contributed by atoms with Crippen LogP contribution in [0.2, 0.25) is 0 Å². The van der Waals surface area contributed by atoms with Gasteiger partial charge in [-0.15, -0.1) is 0 Å². The van der Waals surface area contributed by atoms with E-state index in [4.69, 9.17) is 0 Å². The van der Waals surface area contributed by atoms with Gasteiger partial charge in [-0.2, -0.15) is 5.10 Å². The van der Waals surface area contributed by atoms with Crippen molar-refractivity contribution in [2.45, 2.75) is 19.4 Å². The topological polar surface area (TPSA) is 119 Å². The molecule has 0 saturated heterocycles. The number of amides is 1. The second-order valence-electron chi connectivity index (χ2n) is 5.85. The summed E-state index contributed by atoms with van der Waals surface area (Å²) in [7, 11) is 1.43. The largest absolute Gasteiger partial charge is 0.479 e. The van der Waals surface area contributed by atoms with E-state index in [-0.39, 0.29) is 17.9 Å². The second kappa shape index (κ2) is 6.00. The highest BCUT2D eigenvalue weighted by molar-refractivity contribution is 5.99. The lowest BCUT2D eigenvalue weighted by Crippen LogP contribution is -2.44. The number of aryl methyl sites for hydroxylation is 2. The van der Waals surface area contributed by atoms with Gasteiger partial charge in [0.2, 0.25) is 5.69 Å². The smallest absolute Gasteiger partial charge is 0.331 e. The van der Waals surface area contributed by atoms with Gasteiger partial charge in [0.1, 0.15) is 5.69 Å². The first-order valence-electron chi connectivity index (χ1n) is 7.62. The zero-order valence-corrected chi connectivity index (χ0v) is 13.7. The summed E-state index contributed by atoms with van der Waals surface area (Å²) in [4.78, 5) is 36.6. The molecule has 1 amide bonds. The van der Waals surface area contributed by atoms with Crippen LogP contribution < -0.4 is 0 Å². The standard InChI is InChI=1S/C16H16N4O5/c1-9-12(20(24)25)14(18(2)17-9)15(21)19-8-7-10-5-3-4-6-11(10)13(19)16(22)23/h3-6,13H,7-8H2,1-2H3,(H,22,23). The molecule has 3 rings (SSSR count). The number of carboxylic acid groups (broad SMARTS) is 1. The Morgan fingerprint density at radius 2 is 2.04 bits per heavy atom. The van der Waals surface area contributed by atoms with Gasteiger partial charge in [-0.25, -0.2) is 4.79 Å². The fourth-order valence-corrected chi connectivity index (χ4v) is 3.29. The molecule has 9 heteroatoms. The molecule has 25 heavy (non-hydrogen) atoms. The number of carbonyl (C=O) groups excluding carboxylic acids is 1. The first-order chi connectivity index (χ1) is 11.8. The predicted octanol–water partition coefficient (Wildman–Crippen LogP) is 1.46. The van der Waals surface area contributed by atoms with Gasteiger partial charge in [0.05, 0.1) is 4.92 Å². The number of hydrogen-bond acceptors (Lipinski definition) is 5. The summed E-state index contributed by atoms with van der Waals surface area (Å²) in [5.41, 5.74) is 0.884. The molecular formula is C16H16N4O5. The van der Waals surface area contributed by atoms with E-state index < -0.39 is 28.5 Å². The van der Waals surface area contributed by atoms with Crippen LogP contribution in [0.3, 0.4) is 0 Å². The molecule has 1 aromatic heterocycles. The van der Waals surface area contributed by atoms with E-state index in [1.807, 2.05) is 12.1 Å². The van der Waals surface area contributed by atoms with E-state index in [0.29, 0.717) is 12.0 Å². The predicted molar refractivity (Wildman–Crippen MR) is 86.2 cm³/mol. The highest BCUT2D eigenvalue weighted by Crippen LogP contribution is 2.33. The van der Waals surface area contributed by atoms with E-state index in [1.54, 1.807) is 12.1 Å². The molecule has 1 N–H and O–H groups in total. The monoisotopic (exact) mass is 344 g/mol. The first-order valence-corrected chi connectivity index (χ1v) is 7.62. The lowest BCUT2D eigenvalue weighted by Gasteiger charge is -2.34. The van der Waals surface area contributed by atoms with Crippen LogP contribution in [-0.4, -0.2) is 43.1 Å². The Bertz CT molecular complexity index is 889. The van der Waals surface area contributed by atoms with E-state index in [1.165, 1.54) is 14.0 Å². The van der Waals surface area contributed by atoms with Gasteiger partial charge in [0.15, 0.2) is 6.04 Å². The normalized spacial score (nSPS) is 16.4. The van der Waals surface area contributed by atoms with Gasteiger partial charge in [-0.1, -0.05) is 24.3 Å². The molecule has 2 aromatic rings. The van der Waals surface area contributed by atoms with E-state index in [0.717, 1.165) is 15.1 Å². The Hall–Kier alpha value is -3.23. The third-order valence-corrected chi connectivity index (χ3v) is 4.35. The molecule has 0 fully saturated rings. The highest BCUT2D eigenvalue weighted by atomic mass is 16.6. The molecule has 0 bridgehead atoms. The van der Waals surface area contributed by atoms with E-state index in [9.17, 15) is 24.8 Å². The number of carboxylic acids is 1. The van der Waals surface area contributed by atoms with Gasteiger partial charge >= 0.3 is 11.7 Å². The van der Waals surface area contributed by atoms with Crippen molar-refractivity contribution in [1.29, 1.82) is 0 Å². The van der Waals surface area contributed by atoms with E-state index in [2.05, 4.69) is 5.10 Å². The molecule has 130 valence electrons. The fraction of sp³-hybridized carbons (Fsp3) is 0.312. The van der Waals surface area contributed by atoms with Gasteiger partial charge in [0.25, 0.3) is 5.91 Å². The number of aliphatic carboxylic acids is 1. The minimum atomic E-state index is -1.19. The van der Waals surface area contributed by atoms with Crippen LogP contribution in [0.15, 0.2) is 24.3 Å². The summed E-state index contributed by atoms with van der Waals surface area (Å²) in [6.45, 7) is 1.60. The molecule has 2 heterocycles. The van der Waals surface area contributed by atoms with Crippen molar-refractivity contribution in [3.05, 3.63) is 56.9 Å². The quantitative estimate of drug-likeness (QED) is 0.665. The summed E-state index contributed by atoms with van der Waals surface area (Å²) in [6, 6.07) is 5.82. The van der Waals surface area contributed by atoms with Gasteiger partial charge in [-0.3, -0.25) is 19.6 Å². The maximum Gasteiger partial charge on any atom is 0.331 e. The van der Waals surface area contributed by atoms with Crippen LogP contribution in [0.25, 0.3) is 0 Å². The Morgan fingerprint density at radius 3 is 2.68 bits per heavy atom. The van der Waals surface area contributed by atoms with Gasteiger partial charge < -0.3 is 10.0 Å². The molecule has 1 unspecified atom stereocenters. The maximum atomic E-state index is 13.0. The third kappa shape index (κ3) is 2.63. The van der Waals surface area contributed by atoms with Crippen LogP contribution in [0.5, 0.6) is 0 Å². The molecule has 1 aliphatic rings. The van der Waals surface area contributed by atoms with Gasteiger partial charge in [0, 0.05) is 13.6 Å². The van der Waals surface area contributed by atoms with Crippen molar-refractivity contribution >= 4 is 17.6 Å². The van der Waals surface area contributed by atoms with Gasteiger partial charge in [-0.05, 0) is 24.5 Å². The average molecular weight is 344 g/mol. The minimum Gasteiger partial charge on any atom is -0.479 e. The lowest BCUT2D eigenvalue weighted by molar-refractivity contribution is -0.385. The van der Waals surface area contributed by atoms with E-state index >= 15 is 0 Å². The van der Waals surface area contributed by atoms with Crippen molar-refractivity contribution in [1.82, 2.24) is 14.7 Å². The fourth-order valence-electron chi connectivity index (χ4n) is 3.29. The number of benzene rings is 1. The van der Waals surface area contributed by atoms with Crippen molar-refractivity contribution < 1.29 is 19.6 Å². The number of aromatic nitrogens is 2. The summed E-state index contributed by atoms with van der Waals surface area (Å²) in [5, 5.41) is 24.9. The zero-order valence-electron chi connectivity index (χ0n) is 13.7. The Labute approximate surface area is 142 Å². The molecule has 0 saturated carbocycles. The van der Waals surface area contributed by atoms with Crippen LogP contribution in [0.1, 0.15) is 33.4 Å². The molecule has 1 atom stereocenters. The number of rotatable bonds is 3. The molecular weight excluding hydrogens is 328 g/mol. The van der Waals surface area contributed by atoms with Crippen molar-refractivity contribution in [3.8, 4) is 0 Å². The molecule has 0 radical (unpaired) electrons. The molecule has 0 aliphatic carbocycles. The summed E-state index contributed by atoms with van der Waals surface area (Å²) < 4.78 is 1.13. The second-order valence-corrected chi connectivity index (χ2v) is 5.85. The third-order valence-electron chi connectivity index (χ3n) is 4.35. The van der Waals surface area contributed by atoms with Crippen molar-refractivity contribution in [2.24, 2.45) is 7.05 Å². The maximum absolute atomic E-state index is 13.0. The van der Waals surface area contributed by atoms with Crippen LogP contribution in [0, 0.1) is 17.0 Å². The number of carbonyl (C=O) groups is 2.